The smallest absolute Gasteiger partial charge is 0.104 e. The summed E-state index contributed by atoms with van der Waals surface area (Å²) in [7, 11) is 0. The standard InChI is InChI=1S/C23H30O2/c1-3-4-5-6-10-17-25-22-13-11-12-21(19-22)20-24-18-16-23(2)14-8-7-9-15-23/h3-14,17,21H,15-16,18-20H2,1-2H3/b4-3-,6-5-,17-10+. The van der Waals surface area contributed by atoms with Crippen molar-refractivity contribution in [3.8, 4) is 0 Å². The van der Waals surface area contributed by atoms with Crippen LogP contribution in [-0.4, -0.2) is 13.2 Å². The van der Waals surface area contributed by atoms with Crippen LogP contribution in [0.1, 0.15) is 33.1 Å². The van der Waals surface area contributed by atoms with Gasteiger partial charge in [0.05, 0.1) is 12.9 Å². The van der Waals surface area contributed by atoms with Gasteiger partial charge in [-0.15, -0.1) is 0 Å². The predicted octanol–water partition coefficient (Wildman–Crippen LogP) is 6.04. The van der Waals surface area contributed by atoms with E-state index in [1.165, 1.54) is 0 Å². The minimum atomic E-state index is 0.247. The summed E-state index contributed by atoms with van der Waals surface area (Å²) < 4.78 is 11.6. The van der Waals surface area contributed by atoms with Crippen molar-refractivity contribution in [1.29, 1.82) is 0 Å². The van der Waals surface area contributed by atoms with Crippen molar-refractivity contribution in [1.82, 2.24) is 0 Å². The fourth-order valence-corrected chi connectivity index (χ4v) is 2.83. The summed E-state index contributed by atoms with van der Waals surface area (Å²) in [4.78, 5) is 0. The maximum atomic E-state index is 5.93. The van der Waals surface area contributed by atoms with Crippen molar-refractivity contribution in [3.05, 3.63) is 84.9 Å². The summed E-state index contributed by atoms with van der Waals surface area (Å²) in [5.41, 5.74) is 0.247. The Labute approximate surface area is 152 Å². The molecule has 2 rings (SSSR count). The Morgan fingerprint density at radius 2 is 2.04 bits per heavy atom. The Bertz CT molecular complexity index is 602. The molecule has 134 valence electrons. The van der Waals surface area contributed by atoms with Gasteiger partial charge in [-0.3, -0.25) is 0 Å². The molecule has 0 aromatic carbocycles. The van der Waals surface area contributed by atoms with E-state index in [2.05, 4.69) is 43.4 Å². The molecule has 0 aromatic rings. The molecule has 0 aromatic heterocycles. The van der Waals surface area contributed by atoms with Crippen molar-refractivity contribution in [2.75, 3.05) is 13.2 Å². The summed E-state index contributed by atoms with van der Waals surface area (Å²) >= 11 is 0. The molecule has 0 spiro atoms. The van der Waals surface area contributed by atoms with Gasteiger partial charge in [-0.05, 0) is 37.3 Å². The van der Waals surface area contributed by atoms with Gasteiger partial charge in [0, 0.05) is 18.9 Å². The van der Waals surface area contributed by atoms with Crippen LogP contribution < -0.4 is 0 Å². The van der Waals surface area contributed by atoms with Crippen molar-refractivity contribution in [2.24, 2.45) is 11.3 Å². The predicted molar refractivity (Wildman–Crippen MR) is 106 cm³/mol. The van der Waals surface area contributed by atoms with Crippen molar-refractivity contribution in [3.63, 3.8) is 0 Å². The van der Waals surface area contributed by atoms with E-state index in [1.807, 2.05) is 43.4 Å². The molecule has 0 N–H and O–H groups in total. The molecule has 0 amide bonds. The minimum absolute atomic E-state index is 0.247. The zero-order chi connectivity index (χ0) is 17.8. The van der Waals surface area contributed by atoms with Crippen molar-refractivity contribution >= 4 is 0 Å². The summed E-state index contributed by atoms with van der Waals surface area (Å²) in [5, 5.41) is 0. The van der Waals surface area contributed by atoms with Crippen LogP contribution in [0.4, 0.5) is 0 Å². The first kappa shape index (κ1) is 19.3. The molecule has 2 nitrogen and oxygen atoms in total. The maximum absolute atomic E-state index is 5.93. The quantitative estimate of drug-likeness (QED) is 0.290. The van der Waals surface area contributed by atoms with Gasteiger partial charge >= 0.3 is 0 Å². The summed E-state index contributed by atoms with van der Waals surface area (Å²) in [6.45, 7) is 5.84. The lowest BCUT2D eigenvalue weighted by atomic mass is 9.81. The van der Waals surface area contributed by atoms with E-state index in [0.717, 1.165) is 38.2 Å². The molecule has 0 bridgehead atoms. The van der Waals surface area contributed by atoms with E-state index in [9.17, 15) is 0 Å². The largest absolute Gasteiger partial charge is 0.469 e. The molecule has 2 unspecified atom stereocenters. The van der Waals surface area contributed by atoms with Crippen LogP contribution in [0, 0.1) is 11.3 Å². The zero-order valence-corrected chi connectivity index (χ0v) is 15.4. The second-order valence-corrected chi connectivity index (χ2v) is 6.81. The Hall–Kier alpha value is -2.06. The zero-order valence-electron chi connectivity index (χ0n) is 15.4. The van der Waals surface area contributed by atoms with Gasteiger partial charge in [0.15, 0.2) is 0 Å². The number of hydrogen-bond acceptors (Lipinski definition) is 2. The highest BCUT2D eigenvalue weighted by molar-refractivity contribution is 5.17. The second kappa shape index (κ2) is 10.7. The van der Waals surface area contributed by atoms with Crippen LogP contribution in [0.15, 0.2) is 84.9 Å². The molecule has 0 saturated carbocycles. The van der Waals surface area contributed by atoms with E-state index in [-0.39, 0.29) is 5.41 Å². The molecule has 0 heterocycles. The van der Waals surface area contributed by atoms with Gasteiger partial charge in [-0.25, -0.2) is 0 Å². The topological polar surface area (TPSA) is 18.5 Å². The Kier molecular flexibility index (Phi) is 8.27. The van der Waals surface area contributed by atoms with E-state index in [4.69, 9.17) is 9.47 Å². The Morgan fingerprint density at radius 1 is 1.16 bits per heavy atom. The van der Waals surface area contributed by atoms with Gasteiger partial charge < -0.3 is 9.47 Å². The highest BCUT2D eigenvalue weighted by Crippen LogP contribution is 2.31. The van der Waals surface area contributed by atoms with E-state index < -0.39 is 0 Å². The van der Waals surface area contributed by atoms with Gasteiger partial charge in [-0.2, -0.15) is 0 Å². The molecule has 2 atom stereocenters. The van der Waals surface area contributed by atoms with E-state index in [1.54, 1.807) is 6.26 Å². The van der Waals surface area contributed by atoms with Gasteiger partial charge in [0.1, 0.15) is 5.76 Å². The summed E-state index contributed by atoms with van der Waals surface area (Å²) in [5.74, 6) is 1.38. The molecule has 0 fully saturated rings. The molecular weight excluding hydrogens is 308 g/mol. The lowest BCUT2D eigenvalue weighted by Crippen LogP contribution is -2.18. The van der Waals surface area contributed by atoms with E-state index in [0.29, 0.717) is 5.92 Å². The van der Waals surface area contributed by atoms with Crippen LogP contribution in [0.2, 0.25) is 0 Å². The molecule has 2 aliphatic rings. The lowest BCUT2D eigenvalue weighted by molar-refractivity contribution is 0.0888. The second-order valence-electron chi connectivity index (χ2n) is 6.81. The molecule has 0 aliphatic heterocycles. The van der Waals surface area contributed by atoms with Crippen LogP contribution >= 0.6 is 0 Å². The Balaban J connectivity index is 1.64. The highest BCUT2D eigenvalue weighted by Gasteiger charge is 2.20. The molecule has 2 heteroatoms. The average molecular weight is 338 g/mol. The van der Waals surface area contributed by atoms with Crippen molar-refractivity contribution in [2.45, 2.75) is 33.1 Å². The molecule has 25 heavy (non-hydrogen) atoms. The minimum Gasteiger partial charge on any atom is -0.469 e. The van der Waals surface area contributed by atoms with Crippen LogP contribution in [0.3, 0.4) is 0 Å². The number of rotatable bonds is 9. The molecule has 0 radical (unpaired) electrons. The SMILES string of the molecule is C\C=C/C=C\C=C\OC1=CC=CC(COCCC2(C)C=CC=CC2)C1. The van der Waals surface area contributed by atoms with Crippen LogP contribution in [0.25, 0.3) is 0 Å². The third-order valence-electron chi connectivity index (χ3n) is 4.43. The first-order valence-corrected chi connectivity index (χ1v) is 9.12. The third-order valence-corrected chi connectivity index (χ3v) is 4.43. The monoisotopic (exact) mass is 338 g/mol. The molecule has 0 saturated heterocycles. The van der Waals surface area contributed by atoms with Gasteiger partial charge in [0.25, 0.3) is 0 Å². The Morgan fingerprint density at radius 3 is 2.84 bits per heavy atom. The number of ether oxygens (including phenoxy) is 2. The van der Waals surface area contributed by atoms with Crippen LogP contribution in [0.5, 0.6) is 0 Å². The van der Waals surface area contributed by atoms with Crippen molar-refractivity contribution < 1.29 is 9.47 Å². The number of allylic oxidation sites excluding steroid dienone is 12. The maximum Gasteiger partial charge on any atom is 0.104 e. The molecule has 2 aliphatic carbocycles. The van der Waals surface area contributed by atoms with Crippen LogP contribution in [-0.2, 0) is 9.47 Å². The molecular formula is C23H30O2. The summed E-state index contributed by atoms with van der Waals surface area (Å²) in [6, 6.07) is 0. The average Bonchev–Trinajstić information content (AvgIpc) is 2.63. The number of hydrogen-bond donors (Lipinski definition) is 0. The fraction of sp³-hybridized carbons (Fsp3) is 0.391. The van der Waals surface area contributed by atoms with Gasteiger partial charge in [0.2, 0.25) is 0 Å². The highest BCUT2D eigenvalue weighted by atomic mass is 16.5. The fourth-order valence-electron chi connectivity index (χ4n) is 2.83. The first-order valence-electron chi connectivity index (χ1n) is 9.12. The normalized spacial score (nSPS) is 26.2. The lowest BCUT2D eigenvalue weighted by Gasteiger charge is -2.26. The summed E-state index contributed by atoms with van der Waals surface area (Å²) in [6.07, 6.45) is 29.7. The van der Waals surface area contributed by atoms with Gasteiger partial charge in [-0.1, -0.05) is 67.7 Å². The van der Waals surface area contributed by atoms with E-state index >= 15 is 0 Å². The third kappa shape index (κ3) is 7.57. The first-order chi connectivity index (χ1) is 12.2.